The van der Waals surface area contributed by atoms with Crippen LogP contribution in [0.25, 0.3) is 0 Å². The largest absolute Gasteiger partial charge is 0.385 e. The summed E-state index contributed by atoms with van der Waals surface area (Å²) in [6.07, 6.45) is 0.883. The van der Waals surface area contributed by atoms with Crippen molar-refractivity contribution in [3.05, 3.63) is 28.8 Å². The number of anilines is 1. The first kappa shape index (κ1) is 12.8. The molecule has 16 heavy (non-hydrogen) atoms. The zero-order chi connectivity index (χ0) is 12.0. The van der Waals surface area contributed by atoms with Gasteiger partial charge in [0.05, 0.1) is 11.3 Å². The maximum atomic E-state index is 8.94. The fraction of sp³-hybridized carbons (Fsp3) is 0.417. The molecule has 0 saturated carbocycles. The van der Waals surface area contributed by atoms with Crippen molar-refractivity contribution in [2.75, 3.05) is 19.0 Å². The van der Waals surface area contributed by atoms with Crippen LogP contribution in [0, 0.1) is 11.3 Å². The van der Waals surface area contributed by atoms with Crippen LogP contribution in [0.1, 0.15) is 18.9 Å². The molecular formula is C12H15ClN2O. The van der Waals surface area contributed by atoms with Crippen molar-refractivity contribution >= 4 is 17.3 Å². The average Bonchev–Trinajstić information content (AvgIpc) is 2.27. The van der Waals surface area contributed by atoms with Crippen molar-refractivity contribution in [3.63, 3.8) is 0 Å². The van der Waals surface area contributed by atoms with Crippen LogP contribution in [0.4, 0.5) is 5.69 Å². The van der Waals surface area contributed by atoms with Gasteiger partial charge < -0.3 is 10.1 Å². The summed E-state index contributed by atoms with van der Waals surface area (Å²) in [7, 11) is 1.67. The molecule has 4 heteroatoms. The maximum absolute atomic E-state index is 8.94. The molecule has 0 saturated heterocycles. The Balaban J connectivity index is 2.72. The van der Waals surface area contributed by atoms with Gasteiger partial charge in [-0.05, 0) is 31.5 Å². The molecular weight excluding hydrogens is 224 g/mol. The van der Waals surface area contributed by atoms with E-state index in [9.17, 15) is 0 Å². The Morgan fingerprint density at radius 2 is 2.31 bits per heavy atom. The lowest BCUT2D eigenvalue weighted by Gasteiger charge is -2.15. The number of hydrogen-bond acceptors (Lipinski definition) is 3. The van der Waals surface area contributed by atoms with E-state index in [2.05, 4.69) is 11.4 Å². The highest BCUT2D eigenvalue weighted by atomic mass is 35.5. The van der Waals surface area contributed by atoms with Crippen LogP contribution in [-0.2, 0) is 4.74 Å². The first-order valence-corrected chi connectivity index (χ1v) is 5.50. The summed E-state index contributed by atoms with van der Waals surface area (Å²) in [6, 6.07) is 7.57. The molecule has 1 aromatic rings. The summed E-state index contributed by atoms with van der Waals surface area (Å²) >= 11 is 5.89. The number of rotatable bonds is 5. The summed E-state index contributed by atoms with van der Waals surface area (Å²) in [5.74, 6) is 0. The van der Waals surface area contributed by atoms with Crippen molar-refractivity contribution in [3.8, 4) is 6.07 Å². The number of nitriles is 1. The van der Waals surface area contributed by atoms with Gasteiger partial charge in [0.25, 0.3) is 0 Å². The van der Waals surface area contributed by atoms with Crippen molar-refractivity contribution < 1.29 is 4.74 Å². The molecule has 1 unspecified atom stereocenters. The number of benzene rings is 1. The number of hydrogen-bond donors (Lipinski definition) is 1. The van der Waals surface area contributed by atoms with E-state index in [1.807, 2.05) is 6.92 Å². The van der Waals surface area contributed by atoms with Gasteiger partial charge in [0.1, 0.15) is 6.07 Å². The fourth-order valence-electron chi connectivity index (χ4n) is 1.37. The Hall–Kier alpha value is -1.24. The van der Waals surface area contributed by atoms with Crippen LogP contribution in [0.2, 0.25) is 5.02 Å². The SMILES string of the molecule is COCCC(C)Nc1cc(Cl)ccc1C#N. The van der Waals surface area contributed by atoms with Crippen LogP contribution in [0.15, 0.2) is 18.2 Å². The number of methoxy groups -OCH3 is 1. The van der Waals surface area contributed by atoms with Crippen molar-refractivity contribution in [1.29, 1.82) is 5.26 Å². The molecule has 86 valence electrons. The van der Waals surface area contributed by atoms with Gasteiger partial charge in [0.15, 0.2) is 0 Å². The summed E-state index contributed by atoms with van der Waals surface area (Å²) in [4.78, 5) is 0. The molecule has 3 nitrogen and oxygen atoms in total. The lowest BCUT2D eigenvalue weighted by molar-refractivity contribution is 0.191. The fourth-order valence-corrected chi connectivity index (χ4v) is 1.54. The quantitative estimate of drug-likeness (QED) is 0.858. The topological polar surface area (TPSA) is 45.0 Å². The summed E-state index contributed by atoms with van der Waals surface area (Å²) in [5, 5.41) is 12.8. The Morgan fingerprint density at radius 3 is 2.94 bits per heavy atom. The molecule has 1 N–H and O–H groups in total. The summed E-state index contributed by atoms with van der Waals surface area (Å²) in [6.45, 7) is 2.73. The molecule has 0 aliphatic carbocycles. The highest BCUT2D eigenvalue weighted by molar-refractivity contribution is 6.30. The predicted molar refractivity (Wildman–Crippen MR) is 65.7 cm³/mol. The van der Waals surface area contributed by atoms with Crippen LogP contribution in [-0.4, -0.2) is 19.8 Å². The van der Waals surface area contributed by atoms with Crippen molar-refractivity contribution in [2.24, 2.45) is 0 Å². The van der Waals surface area contributed by atoms with Gasteiger partial charge in [-0.3, -0.25) is 0 Å². The van der Waals surface area contributed by atoms with E-state index >= 15 is 0 Å². The van der Waals surface area contributed by atoms with Crippen molar-refractivity contribution in [2.45, 2.75) is 19.4 Å². The Kier molecular flexibility index (Phi) is 5.10. The number of nitrogens with zero attached hydrogens (tertiary/aromatic N) is 1. The van der Waals surface area contributed by atoms with E-state index in [0.717, 1.165) is 12.1 Å². The van der Waals surface area contributed by atoms with E-state index in [-0.39, 0.29) is 6.04 Å². The predicted octanol–water partition coefficient (Wildman–Crippen LogP) is 3.05. The molecule has 0 bridgehead atoms. The standard InChI is InChI=1S/C12H15ClN2O/c1-9(5-6-16-2)15-12-7-11(13)4-3-10(12)8-14/h3-4,7,9,15H,5-6H2,1-2H3. The molecule has 0 fully saturated rings. The third kappa shape index (κ3) is 3.73. The zero-order valence-electron chi connectivity index (χ0n) is 9.46. The first-order valence-electron chi connectivity index (χ1n) is 5.12. The van der Waals surface area contributed by atoms with E-state index < -0.39 is 0 Å². The first-order chi connectivity index (χ1) is 7.67. The molecule has 0 aliphatic heterocycles. The number of nitrogens with one attached hydrogen (secondary N) is 1. The highest BCUT2D eigenvalue weighted by Gasteiger charge is 2.06. The summed E-state index contributed by atoms with van der Waals surface area (Å²) < 4.78 is 5.00. The zero-order valence-corrected chi connectivity index (χ0v) is 10.2. The maximum Gasteiger partial charge on any atom is 0.101 e. The van der Waals surface area contributed by atoms with Gasteiger partial charge in [-0.15, -0.1) is 0 Å². The monoisotopic (exact) mass is 238 g/mol. The number of ether oxygens (including phenoxy) is 1. The lowest BCUT2D eigenvalue weighted by Crippen LogP contribution is -2.17. The second-order valence-electron chi connectivity index (χ2n) is 3.63. The molecule has 0 aliphatic rings. The van der Waals surface area contributed by atoms with Gasteiger partial charge >= 0.3 is 0 Å². The Bertz CT molecular complexity index is 387. The molecule has 1 atom stereocenters. The van der Waals surface area contributed by atoms with Crippen molar-refractivity contribution in [1.82, 2.24) is 0 Å². The minimum atomic E-state index is 0.241. The van der Waals surface area contributed by atoms with Crippen LogP contribution < -0.4 is 5.32 Å². The van der Waals surface area contributed by atoms with E-state index in [1.165, 1.54) is 0 Å². The second-order valence-corrected chi connectivity index (χ2v) is 4.07. The molecule has 1 rings (SSSR count). The average molecular weight is 239 g/mol. The van der Waals surface area contributed by atoms with Gasteiger partial charge in [0.2, 0.25) is 0 Å². The lowest BCUT2D eigenvalue weighted by atomic mass is 10.1. The molecule has 1 aromatic carbocycles. The van der Waals surface area contributed by atoms with E-state index in [0.29, 0.717) is 17.2 Å². The van der Waals surface area contributed by atoms with E-state index in [1.54, 1.807) is 25.3 Å². The third-order valence-electron chi connectivity index (χ3n) is 2.26. The molecule has 0 amide bonds. The Morgan fingerprint density at radius 1 is 1.56 bits per heavy atom. The molecule has 0 heterocycles. The molecule has 0 spiro atoms. The van der Waals surface area contributed by atoms with Gasteiger partial charge in [-0.2, -0.15) is 5.26 Å². The second kappa shape index (κ2) is 6.37. The van der Waals surface area contributed by atoms with Gasteiger partial charge in [0, 0.05) is 24.8 Å². The van der Waals surface area contributed by atoms with Gasteiger partial charge in [-0.1, -0.05) is 11.6 Å². The normalized spacial score (nSPS) is 11.9. The smallest absolute Gasteiger partial charge is 0.101 e. The van der Waals surface area contributed by atoms with Crippen LogP contribution in [0.5, 0.6) is 0 Å². The van der Waals surface area contributed by atoms with Crippen LogP contribution in [0.3, 0.4) is 0 Å². The third-order valence-corrected chi connectivity index (χ3v) is 2.49. The van der Waals surface area contributed by atoms with Crippen LogP contribution >= 0.6 is 11.6 Å². The number of halogens is 1. The Labute approximate surface area is 101 Å². The molecule has 0 aromatic heterocycles. The van der Waals surface area contributed by atoms with E-state index in [4.69, 9.17) is 21.6 Å². The molecule has 0 radical (unpaired) electrons. The van der Waals surface area contributed by atoms with Gasteiger partial charge in [-0.25, -0.2) is 0 Å². The minimum absolute atomic E-state index is 0.241. The minimum Gasteiger partial charge on any atom is -0.385 e. The highest BCUT2D eigenvalue weighted by Crippen LogP contribution is 2.21. The summed E-state index contributed by atoms with van der Waals surface area (Å²) in [5.41, 5.74) is 1.38.